The number of nitrogens with one attached hydrogen (secondary N) is 1. The van der Waals surface area contributed by atoms with Crippen molar-refractivity contribution in [3.8, 4) is 5.75 Å². The molecule has 21 heavy (non-hydrogen) atoms. The molecule has 0 fully saturated rings. The highest BCUT2D eigenvalue weighted by Gasteiger charge is 2.11. The minimum atomic E-state index is -0.466. The van der Waals surface area contributed by atoms with Crippen molar-refractivity contribution >= 4 is 17.6 Å². The first-order valence-electron chi connectivity index (χ1n) is 6.30. The highest BCUT2D eigenvalue weighted by molar-refractivity contribution is 6.05. The lowest BCUT2D eigenvalue weighted by Gasteiger charge is -2.09. The number of methoxy groups -OCH3 is 1. The summed E-state index contributed by atoms with van der Waals surface area (Å²) in [6.45, 7) is 1.74. The Kier molecular flexibility index (Phi) is 4.23. The van der Waals surface area contributed by atoms with E-state index in [1.807, 2.05) is 0 Å². The molecule has 0 atom stereocenters. The van der Waals surface area contributed by atoms with Gasteiger partial charge < -0.3 is 15.2 Å². The Morgan fingerprint density at radius 3 is 2.57 bits per heavy atom. The average Bonchev–Trinajstić information content (AvgIpc) is 2.46. The molecule has 5 nitrogen and oxygen atoms in total. The molecule has 2 rings (SSSR count). The number of benzene rings is 2. The molecule has 0 aromatic heterocycles. The molecule has 0 bridgehead atoms. The predicted molar refractivity (Wildman–Crippen MR) is 78.6 cm³/mol. The van der Waals surface area contributed by atoms with E-state index >= 15 is 0 Å². The Labute approximate surface area is 122 Å². The van der Waals surface area contributed by atoms with Crippen LogP contribution in [0.2, 0.25) is 0 Å². The number of carbonyl (C=O) groups excluding carboxylic acids is 2. The summed E-state index contributed by atoms with van der Waals surface area (Å²) in [6, 6.07) is 11.0. The van der Waals surface area contributed by atoms with Gasteiger partial charge in [-0.15, -0.1) is 0 Å². The fourth-order valence-electron chi connectivity index (χ4n) is 1.94. The number of aryl methyl sites for hydroxylation is 1. The smallest absolute Gasteiger partial charge is 0.337 e. The topological polar surface area (TPSA) is 75.6 Å². The van der Waals surface area contributed by atoms with E-state index in [-0.39, 0.29) is 11.7 Å². The molecular weight excluding hydrogens is 270 g/mol. The van der Waals surface area contributed by atoms with Crippen LogP contribution >= 0.6 is 0 Å². The van der Waals surface area contributed by atoms with Crippen molar-refractivity contribution in [2.45, 2.75) is 6.92 Å². The van der Waals surface area contributed by atoms with Crippen LogP contribution in [0.1, 0.15) is 26.3 Å². The Bertz CT molecular complexity index is 694. The first kappa shape index (κ1) is 14.6. The van der Waals surface area contributed by atoms with Crippen LogP contribution < -0.4 is 5.32 Å². The summed E-state index contributed by atoms with van der Waals surface area (Å²) in [7, 11) is 1.30. The summed E-state index contributed by atoms with van der Waals surface area (Å²) < 4.78 is 4.63. The molecule has 5 heteroatoms. The van der Waals surface area contributed by atoms with Crippen LogP contribution in [0.25, 0.3) is 0 Å². The van der Waals surface area contributed by atoms with Gasteiger partial charge in [-0.25, -0.2) is 4.79 Å². The third kappa shape index (κ3) is 3.39. The maximum atomic E-state index is 12.2. The summed E-state index contributed by atoms with van der Waals surface area (Å²) >= 11 is 0. The first-order chi connectivity index (χ1) is 10.0. The molecule has 1 amide bonds. The zero-order valence-electron chi connectivity index (χ0n) is 11.7. The summed E-state index contributed by atoms with van der Waals surface area (Å²) in [5, 5.41) is 12.1. The fourth-order valence-corrected chi connectivity index (χ4v) is 1.94. The maximum Gasteiger partial charge on any atom is 0.337 e. The summed E-state index contributed by atoms with van der Waals surface area (Å²) in [6.07, 6.45) is 0. The van der Waals surface area contributed by atoms with Crippen molar-refractivity contribution in [1.29, 1.82) is 0 Å². The highest BCUT2D eigenvalue weighted by Crippen LogP contribution is 2.18. The molecule has 0 saturated heterocycles. The van der Waals surface area contributed by atoms with Crippen LogP contribution in [0.15, 0.2) is 42.5 Å². The second-order valence-corrected chi connectivity index (χ2v) is 4.53. The molecule has 2 aromatic rings. The van der Waals surface area contributed by atoms with Gasteiger partial charge in [0.15, 0.2) is 0 Å². The number of hydrogen-bond acceptors (Lipinski definition) is 4. The van der Waals surface area contributed by atoms with E-state index in [2.05, 4.69) is 10.1 Å². The lowest BCUT2D eigenvalue weighted by atomic mass is 10.1. The Balaban J connectivity index is 2.21. The van der Waals surface area contributed by atoms with Gasteiger partial charge in [-0.2, -0.15) is 0 Å². The molecule has 0 saturated carbocycles. The second kappa shape index (κ2) is 6.09. The number of phenols is 1. The van der Waals surface area contributed by atoms with Gasteiger partial charge in [0.25, 0.3) is 5.91 Å². The van der Waals surface area contributed by atoms with E-state index in [0.29, 0.717) is 22.4 Å². The van der Waals surface area contributed by atoms with Crippen molar-refractivity contribution in [3.05, 3.63) is 59.2 Å². The van der Waals surface area contributed by atoms with Gasteiger partial charge in [0, 0.05) is 11.3 Å². The molecule has 0 unspecified atom stereocenters. The molecule has 0 radical (unpaired) electrons. The van der Waals surface area contributed by atoms with E-state index in [1.54, 1.807) is 37.3 Å². The number of hydrogen-bond donors (Lipinski definition) is 2. The predicted octanol–water partition coefficient (Wildman–Crippen LogP) is 2.74. The third-order valence-corrected chi connectivity index (χ3v) is 3.00. The van der Waals surface area contributed by atoms with E-state index in [0.717, 1.165) is 0 Å². The van der Waals surface area contributed by atoms with Crippen molar-refractivity contribution < 1.29 is 19.4 Å². The maximum absolute atomic E-state index is 12.2. The lowest BCUT2D eigenvalue weighted by molar-refractivity contribution is 0.0600. The minimum Gasteiger partial charge on any atom is -0.508 e. The zero-order valence-corrected chi connectivity index (χ0v) is 11.7. The zero-order chi connectivity index (χ0) is 15.4. The molecule has 0 spiro atoms. The second-order valence-electron chi connectivity index (χ2n) is 4.53. The molecule has 108 valence electrons. The third-order valence-electron chi connectivity index (χ3n) is 3.00. The van der Waals surface area contributed by atoms with Gasteiger partial charge in [-0.05, 0) is 48.9 Å². The number of ether oxygens (including phenoxy) is 1. The first-order valence-corrected chi connectivity index (χ1v) is 6.30. The highest BCUT2D eigenvalue weighted by atomic mass is 16.5. The van der Waals surface area contributed by atoms with E-state index in [1.165, 1.54) is 19.2 Å². The monoisotopic (exact) mass is 285 g/mol. The summed E-state index contributed by atoms with van der Waals surface area (Å²) in [5.41, 5.74) is 1.97. The quantitative estimate of drug-likeness (QED) is 0.850. The lowest BCUT2D eigenvalue weighted by Crippen LogP contribution is -2.13. The van der Waals surface area contributed by atoms with Crippen LogP contribution in [0.4, 0.5) is 5.69 Å². The molecule has 0 aliphatic heterocycles. The number of carbonyl (C=O) groups is 2. The largest absolute Gasteiger partial charge is 0.508 e. The van der Waals surface area contributed by atoms with Gasteiger partial charge in [-0.1, -0.05) is 6.07 Å². The van der Waals surface area contributed by atoms with Crippen LogP contribution in [0.5, 0.6) is 5.75 Å². The SMILES string of the molecule is COC(=O)c1cccc(NC(=O)c2ccc(O)cc2C)c1. The van der Waals surface area contributed by atoms with Crippen molar-refractivity contribution in [2.24, 2.45) is 0 Å². The number of rotatable bonds is 3. The Morgan fingerprint density at radius 2 is 1.90 bits per heavy atom. The van der Waals surface area contributed by atoms with Crippen molar-refractivity contribution in [1.82, 2.24) is 0 Å². The molecule has 2 aromatic carbocycles. The Hall–Kier alpha value is -2.82. The van der Waals surface area contributed by atoms with Crippen LogP contribution in [-0.4, -0.2) is 24.1 Å². The number of anilines is 1. The summed E-state index contributed by atoms with van der Waals surface area (Å²) in [5.74, 6) is -0.668. The number of amides is 1. The summed E-state index contributed by atoms with van der Waals surface area (Å²) in [4.78, 5) is 23.6. The normalized spacial score (nSPS) is 10.0. The van der Waals surface area contributed by atoms with E-state index in [4.69, 9.17) is 0 Å². The van der Waals surface area contributed by atoms with Crippen molar-refractivity contribution in [3.63, 3.8) is 0 Å². The molecular formula is C16H15NO4. The van der Waals surface area contributed by atoms with Crippen LogP contribution in [0.3, 0.4) is 0 Å². The van der Waals surface area contributed by atoms with Crippen LogP contribution in [-0.2, 0) is 4.74 Å². The molecule has 2 N–H and O–H groups in total. The fraction of sp³-hybridized carbons (Fsp3) is 0.125. The number of aromatic hydroxyl groups is 1. The average molecular weight is 285 g/mol. The standard InChI is InChI=1S/C16H15NO4/c1-10-8-13(18)6-7-14(10)15(19)17-12-5-3-4-11(9-12)16(20)21-2/h3-9,18H,1-2H3,(H,17,19). The number of phenolic OH excluding ortho intramolecular Hbond substituents is 1. The van der Waals surface area contributed by atoms with Gasteiger partial charge in [-0.3, -0.25) is 4.79 Å². The number of esters is 1. The molecule has 0 heterocycles. The van der Waals surface area contributed by atoms with Crippen LogP contribution in [0, 0.1) is 6.92 Å². The van der Waals surface area contributed by atoms with Gasteiger partial charge >= 0.3 is 5.97 Å². The minimum absolute atomic E-state index is 0.108. The van der Waals surface area contributed by atoms with E-state index in [9.17, 15) is 14.7 Å². The van der Waals surface area contributed by atoms with Gasteiger partial charge in [0.2, 0.25) is 0 Å². The Morgan fingerprint density at radius 1 is 1.14 bits per heavy atom. The molecule has 0 aliphatic carbocycles. The van der Waals surface area contributed by atoms with Gasteiger partial charge in [0.05, 0.1) is 12.7 Å². The van der Waals surface area contributed by atoms with E-state index < -0.39 is 5.97 Å². The molecule has 0 aliphatic rings. The van der Waals surface area contributed by atoms with Crippen molar-refractivity contribution in [2.75, 3.05) is 12.4 Å². The van der Waals surface area contributed by atoms with Gasteiger partial charge in [0.1, 0.15) is 5.75 Å².